The smallest absolute Gasteiger partial charge is 0.414 e. The molecule has 0 bridgehead atoms. The summed E-state index contributed by atoms with van der Waals surface area (Å²) in [6.45, 7) is 4.86. The molecule has 7 nitrogen and oxygen atoms in total. The van der Waals surface area contributed by atoms with Crippen LogP contribution in [0, 0.1) is 0 Å². The molecule has 1 aromatic carbocycles. The molecule has 8 heteroatoms. The van der Waals surface area contributed by atoms with Gasteiger partial charge in [-0.1, -0.05) is 30.3 Å². The minimum Gasteiger partial charge on any atom is -0.473 e. The number of rotatable bonds is 4. The number of piperidine rings is 1. The first-order valence-corrected chi connectivity index (χ1v) is 10.5. The second-order valence-electron chi connectivity index (χ2n) is 6.93. The highest BCUT2D eigenvalue weighted by atomic mass is 32.2. The third kappa shape index (κ3) is 5.71. The van der Waals surface area contributed by atoms with Gasteiger partial charge >= 0.3 is 11.9 Å². The quantitative estimate of drug-likeness (QED) is 0.730. The molecule has 0 spiro atoms. The number of pyridine rings is 1. The van der Waals surface area contributed by atoms with E-state index < -0.39 is 11.9 Å². The van der Waals surface area contributed by atoms with Crippen molar-refractivity contribution in [1.82, 2.24) is 9.88 Å². The maximum Gasteiger partial charge on any atom is 0.414 e. The number of carbonyl (C=O) groups is 2. The zero-order valence-electron chi connectivity index (χ0n) is 16.2. The van der Waals surface area contributed by atoms with Crippen LogP contribution in [0.15, 0.2) is 52.5 Å². The van der Waals surface area contributed by atoms with Crippen LogP contribution in [-0.4, -0.2) is 58.2 Å². The lowest BCUT2D eigenvalue weighted by molar-refractivity contribution is -0.159. The topological polar surface area (TPSA) is 94.0 Å². The van der Waals surface area contributed by atoms with Crippen molar-refractivity contribution in [2.24, 2.45) is 0 Å². The first-order valence-electron chi connectivity index (χ1n) is 9.73. The number of carboxylic acids is 2. The fourth-order valence-corrected chi connectivity index (χ4v) is 4.63. The zero-order chi connectivity index (χ0) is 20.6. The molecule has 1 saturated heterocycles. The Kier molecular flexibility index (Phi) is 7.48. The van der Waals surface area contributed by atoms with Crippen molar-refractivity contribution in [2.75, 3.05) is 31.1 Å². The Morgan fingerprint density at radius 2 is 1.62 bits per heavy atom. The summed E-state index contributed by atoms with van der Waals surface area (Å²) >= 11 is 1.83. The Morgan fingerprint density at radius 1 is 0.931 bits per heavy atom. The number of anilines is 2. The lowest BCUT2D eigenvalue weighted by Gasteiger charge is -2.33. The van der Waals surface area contributed by atoms with Crippen LogP contribution in [0.25, 0.3) is 0 Å². The second kappa shape index (κ2) is 10.3. The van der Waals surface area contributed by atoms with Crippen LogP contribution in [0.2, 0.25) is 0 Å². The molecule has 1 fully saturated rings. The summed E-state index contributed by atoms with van der Waals surface area (Å²) < 4.78 is 0. The predicted octanol–water partition coefficient (Wildman–Crippen LogP) is 3.72. The predicted molar refractivity (Wildman–Crippen MR) is 112 cm³/mol. The maximum atomic E-state index is 9.10. The lowest BCUT2D eigenvalue weighted by atomic mass is 10.1. The number of hydrogen-bond acceptors (Lipinski definition) is 6. The van der Waals surface area contributed by atoms with E-state index in [1.165, 1.54) is 66.5 Å². The molecule has 154 valence electrons. The molecule has 2 aliphatic heterocycles. The summed E-state index contributed by atoms with van der Waals surface area (Å²) in [6, 6.07) is 10.9. The van der Waals surface area contributed by atoms with Crippen LogP contribution in [0.1, 0.15) is 25.7 Å². The van der Waals surface area contributed by atoms with E-state index in [0.29, 0.717) is 0 Å². The van der Waals surface area contributed by atoms with Gasteiger partial charge in [-0.2, -0.15) is 0 Å². The van der Waals surface area contributed by atoms with Crippen molar-refractivity contribution in [3.8, 4) is 0 Å². The van der Waals surface area contributed by atoms with E-state index in [1.54, 1.807) is 0 Å². The molecule has 4 rings (SSSR count). The van der Waals surface area contributed by atoms with Gasteiger partial charge in [0.15, 0.2) is 0 Å². The van der Waals surface area contributed by atoms with Crippen molar-refractivity contribution >= 4 is 35.1 Å². The first-order chi connectivity index (χ1) is 14.1. The van der Waals surface area contributed by atoms with Gasteiger partial charge in [-0.05, 0) is 57.1 Å². The summed E-state index contributed by atoms with van der Waals surface area (Å²) in [5.41, 5.74) is 2.65. The highest BCUT2D eigenvalue weighted by Crippen LogP contribution is 2.47. The average Bonchev–Trinajstić information content (AvgIpc) is 2.74. The normalized spacial score (nSPS) is 15.5. The third-order valence-corrected chi connectivity index (χ3v) is 6.02. The minimum absolute atomic E-state index is 1.07. The first kappa shape index (κ1) is 21.1. The van der Waals surface area contributed by atoms with E-state index in [-0.39, 0.29) is 0 Å². The Bertz CT molecular complexity index is 798. The molecule has 2 aliphatic rings. The molecular formula is C21H25N3O4S. The molecule has 29 heavy (non-hydrogen) atoms. The Labute approximate surface area is 174 Å². The fraction of sp³-hybridized carbons (Fsp3) is 0.381. The number of aromatic nitrogens is 1. The van der Waals surface area contributed by atoms with E-state index in [4.69, 9.17) is 19.8 Å². The van der Waals surface area contributed by atoms with Crippen molar-refractivity contribution in [3.05, 3.63) is 42.7 Å². The standard InChI is InChI=1S/C19H23N3S.C2H2O4/c1-4-11-21(12-5-1)13-6-14-22-16-7-2-3-8-18(16)23-19-15-20-10-9-17(19)22;3-1(4)2(5)6/h2-3,7-10,15H,1,4-6,11-14H2;(H,3,4)(H,5,6). The molecule has 0 saturated carbocycles. The largest absolute Gasteiger partial charge is 0.473 e. The van der Waals surface area contributed by atoms with Gasteiger partial charge in [0.2, 0.25) is 0 Å². The van der Waals surface area contributed by atoms with Gasteiger partial charge in [-0.25, -0.2) is 9.59 Å². The molecular weight excluding hydrogens is 390 g/mol. The van der Waals surface area contributed by atoms with Crippen LogP contribution >= 0.6 is 11.8 Å². The number of benzene rings is 1. The van der Waals surface area contributed by atoms with Crippen molar-refractivity contribution in [3.63, 3.8) is 0 Å². The highest BCUT2D eigenvalue weighted by Gasteiger charge is 2.23. The molecule has 0 aliphatic carbocycles. The molecule has 0 amide bonds. The molecule has 1 aromatic heterocycles. The maximum absolute atomic E-state index is 9.10. The van der Waals surface area contributed by atoms with Crippen molar-refractivity contribution in [2.45, 2.75) is 35.5 Å². The Morgan fingerprint density at radius 3 is 2.34 bits per heavy atom. The SMILES string of the molecule is O=C(O)C(=O)O.c1ccc2c(c1)Sc1cnccc1N2CCCN1CCCCC1. The number of fused-ring (bicyclic) bond motifs is 2. The van der Waals surface area contributed by atoms with Gasteiger partial charge in [-0.3, -0.25) is 4.98 Å². The molecule has 0 atom stereocenters. The fourth-order valence-electron chi connectivity index (χ4n) is 3.57. The number of hydrogen-bond donors (Lipinski definition) is 2. The van der Waals surface area contributed by atoms with Gasteiger partial charge in [0.25, 0.3) is 0 Å². The average molecular weight is 416 g/mol. The third-order valence-electron chi connectivity index (χ3n) is 4.92. The van der Waals surface area contributed by atoms with Gasteiger partial charge in [0.05, 0.1) is 16.3 Å². The number of likely N-dealkylation sites (tertiary alicyclic amines) is 1. The molecule has 0 radical (unpaired) electrons. The monoisotopic (exact) mass is 415 g/mol. The number of carboxylic acid groups (broad SMARTS) is 2. The second-order valence-corrected chi connectivity index (χ2v) is 8.01. The minimum atomic E-state index is -1.82. The summed E-state index contributed by atoms with van der Waals surface area (Å²) in [7, 11) is 0. The van der Waals surface area contributed by atoms with Crippen LogP contribution in [0.4, 0.5) is 11.4 Å². The van der Waals surface area contributed by atoms with E-state index in [0.717, 1.165) is 6.54 Å². The van der Waals surface area contributed by atoms with Crippen LogP contribution in [0.3, 0.4) is 0 Å². The van der Waals surface area contributed by atoms with Crippen molar-refractivity contribution < 1.29 is 19.8 Å². The molecule has 2 aromatic rings. The van der Waals surface area contributed by atoms with Crippen molar-refractivity contribution in [1.29, 1.82) is 0 Å². The molecule has 3 heterocycles. The van der Waals surface area contributed by atoms with Gasteiger partial charge in [-0.15, -0.1) is 0 Å². The molecule has 0 unspecified atom stereocenters. The lowest BCUT2D eigenvalue weighted by Crippen LogP contribution is -2.33. The summed E-state index contributed by atoms with van der Waals surface area (Å²) in [5.74, 6) is -3.65. The molecule has 2 N–H and O–H groups in total. The van der Waals surface area contributed by atoms with Crippen LogP contribution < -0.4 is 4.90 Å². The van der Waals surface area contributed by atoms with Gasteiger partial charge in [0, 0.05) is 23.8 Å². The number of para-hydroxylation sites is 1. The zero-order valence-corrected chi connectivity index (χ0v) is 17.0. The van der Waals surface area contributed by atoms with E-state index >= 15 is 0 Å². The Balaban J connectivity index is 0.000000353. The highest BCUT2D eigenvalue weighted by molar-refractivity contribution is 7.99. The van der Waals surface area contributed by atoms with Crippen LogP contribution in [0.5, 0.6) is 0 Å². The van der Waals surface area contributed by atoms with E-state index in [9.17, 15) is 0 Å². The summed E-state index contributed by atoms with van der Waals surface area (Å²) in [6.07, 6.45) is 9.27. The van der Waals surface area contributed by atoms with Gasteiger partial charge in [0.1, 0.15) is 0 Å². The van der Waals surface area contributed by atoms with E-state index in [2.05, 4.69) is 45.1 Å². The van der Waals surface area contributed by atoms with Gasteiger partial charge < -0.3 is 20.0 Å². The Hall–Kier alpha value is -2.58. The van der Waals surface area contributed by atoms with Crippen LogP contribution in [-0.2, 0) is 9.59 Å². The number of nitrogens with zero attached hydrogens (tertiary/aromatic N) is 3. The van der Waals surface area contributed by atoms with E-state index in [1.807, 2.05) is 24.2 Å². The summed E-state index contributed by atoms with van der Waals surface area (Å²) in [5, 5.41) is 14.8. The summed E-state index contributed by atoms with van der Waals surface area (Å²) in [4.78, 5) is 30.2. The number of aliphatic carboxylic acids is 2.